The van der Waals surface area contributed by atoms with Gasteiger partial charge in [-0.05, 0) is 44.0 Å². The summed E-state index contributed by atoms with van der Waals surface area (Å²) in [7, 11) is -0.330. The number of carbonyl (C=O) groups is 3. The monoisotopic (exact) mass is 408 g/mol. The molecule has 10 heteroatoms. The van der Waals surface area contributed by atoms with Crippen LogP contribution in [0, 0.1) is 0 Å². The summed E-state index contributed by atoms with van der Waals surface area (Å²) in [5.74, 6) is -1.05. The van der Waals surface area contributed by atoms with Gasteiger partial charge >= 0.3 is 0 Å². The second-order valence-electron chi connectivity index (χ2n) is 7.17. The average molecular weight is 408 g/mol. The van der Waals surface area contributed by atoms with Gasteiger partial charge in [0.15, 0.2) is 0 Å². The highest BCUT2D eigenvalue weighted by Gasteiger charge is 2.31. The third kappa shape index (κ3) is 4.08. The zero-order valence-corrected chi connectivity index (χ0v) is 16.7. The second kappa shape index (κ2) is 7.98. The van der Waals surface area contributed by atoms with Crippen LogP contribution < -0.4 is 10.0 Å². The number of hydrogen-bond acceptors (Lipinski definition) is 6. The van der Waals surface area contributed by atoms with Crippen LogP contribution in [0.5, 0.6) is 0 Å². The second-order valence-corrected chi connectivity index (χ2v) is 8.94. The van der Waals surface area contributed by atoms with Crippen molar-refractivity contribution in [2.45, 2.75) is 30.2 Å². The van der Waals surface area contributed by atoms with E-state index in [0.717, 1.165) is 19.4 Å². The molecule has 1 atom stereocenters. The van der Waals surface area contributed by atoms with Crippen molar-refractivity contribution >= 4 is 27.7 Å². The molecule has 1 fully saturated rings. The Morgan fingerprint density at radius 2 is 1.96 bits per heavy atom. The van der Waals surface area contributed by atoms with E-state index in [1.165, 1.54) is 18.2 Å². The molecule has 9 nitrogen and oxygen atoms in total. The van der Waals surface area contributed by atoms with E-state index in [0.29, 0.717) is 13.0 Å². The van der Waals surface area contributed by atoms with Crippen molar-refractivity contribution in [3.63, 3.8) is 0 Å². The van der Waals surface area contributed by atoms with Crippen LogP contribution in [0.1, 0.15) is 40.0 Å². The predicted molar refractivity (Wildman–Crippen MR) is 101 cm³/mol. The molecule has 1 saturated heterocycles. The molecule has 3 rings (SSSR count). The minimum Gasteiger partial charge on any atom is -0.347 e. The number of hydrogen-bond donors (Lipinski definition) is 2. The van der Waals surface area contributed by atoms with Gasteiger partial charge in [0.25, 0.3) is 11.8 Å². The van der Waals surface area contributed by atoms with Gasteiger partial charge < -0.3 is 4.90 Å². The van der Waals surface area contributed by atoms with Crippen LogP contribution >= 0.6 is 0 Å². The van der Waals surface area contributed by atoms with Gasteiger partial charge in [0.2, 0.25) is 15.9 Å². The molecular formula is C18H24N4O5S. The fraction of sp³-hybridized carbons (Fsp3) is 0.500. The fourth-order valence-corrected chi connectivity index (χ4v) is 4.66. The van der Waals surface area contributed by atoms with Crippen LogP contribution in [0.4, 0.5) is 0 Å². The number of likely N-dealkylation sites (tertiary alicyclic amines) is 1. The largest absolute Gasteiger partial charge is 0.347 e. The number of benzene rings is 1. The zero-order valence-electron chi connectivity index (χ0n) is 15.9. The summed E-state index contributed by atoms with van der Waals surface area (Å²) < 4.78 is 27.5. The lowest BCUT2D eigenvalue weighted by atomic mass is 10.1. The molecule has 0 spiro atoms. The Kier molecular flexibility index (Phi) is 5.82. The minimum absolute atomic E-state index is 0.0575. The number of nitrogens with zero attached hydrogens (tertiary/aromatic N) is 2. The average Bonchev–Trinajstić information content (AvgIpc) is 3.22. The normalized spacial score (nSPS) is 19.6. The summed E-state index contributed by atoms with van der Waals surface area (Å²) in [5, 5.41) is 2.14. The summed E-state index contributed by atoms with van der Waals surface area (Å²) >= 11 is 0. The van der Waals surface area contributed by atoms with Crippen molar-refractivity contribution in [1.29, 1.82) is 0 Å². The fourth-order valence-electron chi connectivity index (χ4n) is 3.56. The Balaban J connectivity index is 1.56. The first-order valence-corrected chi connectivity index (χ1v) is 10.6. The van der Waals surface area contributed by atoms with Crippen molar-refractivity contribution in [3.8, 4) is 0 Å². The van der Waals surface area contributed by atoms with E-state index < -0.39 is 21.8 Å². The molecule has 0 bridgehead atoms. The Morgan fingerprint density at radius 3 is 2.68 bits per heavy atom. The van der Waals surface area contributed by atoms with Crippen molar-refractivity contribution < 1.29 is 22.8 Å². The van der Waals surface area contributed by atoms with Gasteiger partial charge in [0, 0.05) is 27.2 Å². The number of likely N-dealkylation sites (N-methyl/N-ethyl adjacent to an activating group) is 1. The van der Waals surface area contributed by atoms with Crippen molar-refractivity contribution in [2.75, 3.05) is 33.7 Å². The molecule has 2 aliphatic rings. The van der Waals surface area contributed by atoms with Gasteiger partial charge in [-0.15, -0.1) is 0 Å². The summed E-state index contributed by atoms with van der Waals surface area (Å²) in [5.41, 5.74) is 0.240. The Bertz CT molecular complexity index is 913. The quantitative estimate of drug-likeness (QED) is 0.477. The highest BCUT2D eigenvalue weighted by atomic mass is 32.2. The summed E-state index contributed by atoms with van der Waals surface area (Å²) in [6.07, 6.45) is 2.32. The predicted octanol–water partition coefficient (Wildman–Crippen LogP) is -0.209. The number of nitrogens with one attached hydrogen (secondary N) is 2. The third-order valence-electron chi connectivity index (χ3n) is 5.02. The lowest BCUT2D eigenvalue weighted by Crippen LogP contribution is -2.43. The first-order chi connectivity index (χ1) is 13.2. The topological polar surface area (TPSA) is 116 Å². The molecule has 3 amide bonds. The van der Waals surface area contributed by atoms with E-state index >= 15 is 0 Å². The zero-order chi connectivity index (χ0) is 20.5. The smallest absolute Gasteiger partial charge is 0.258 e. The number of imide groups is 1. The first-order valence-electron chi connectivity index (χ1n) is 9.15. The molecule has 2 aliphatic heterocycles. The maximum atomic E-state index is 12.5. The highest BCUT2D eigenvalue weighted by Crippen LogP contribution is 2.21. The van der Waals surface area contributed by atoms with E-state index in [4.69, 9.17) is 0 Å². The van der Waals surface area contributed by atoms with E-state index in [-0.39, 0.29) is 34.5 Å². The molecule has 2 heterocycles. The SMILES string of the molecule is CN(C)C(=O)C1CCCN1CCCNS(=O)(=O)c1ccc2c(c1)C(=O)NC2=O. The first kappa shape index (κ1) is 20.4. The summed E-state index contributed by atoms with van der Waals surface area (Å²) in [6, 6.07) is 3.72. The molecule has 2 N–H and O–H groups in total. The van der Waals surface area contributed by atoms with Crippen LogP contribution in [0.25, 0.3) is 0 Å². The van der Waals surface area contributed by atoms with Crippen molar-refractivity contribution in [2.24, 2.45) is 0 Å². The van der Waals surface area contributed by atoms with Gasteiger partial charge in [-0.25, -0.2) is 13.1 Å². The summed E-state index contributed by atoms with van der Waals surface area (Å²) in [4.78, 5) is 39.1. The number of fused-ring (bicyclic) bond motifs is 1. The van der Waals surface area contributed by atoms with E-state index in [1.807, 2.05) is 0 Å². The standard InChI is InChI=1S/C18H24N4O5S/c1-21(2)18(25)15-5-3-9-22(15)10-4-8-19-28(26,27)12-6-7-13-14(11-12)17(24)20-16(13)23/h6-7,11,15,19H,3-5,8-10H2,1-2H3,(H,20,23,24). The number of rotatable bonds is 7. The molecule has 28 heavy (non-hydrogen) atoms. The molecule has 1 aromatic carbocycles. The van der Waals surface area contributed by atoms with Crippen LogP contribution in [0.2, 0.25) is 0 Å². The molecule has 1 unspecified atom stereocenters. The lowest BCUT2D eigenvalue weighted by Gasteiger charge is -2.26. The molecule has 0 aliphatic carbocycles. The van der Waals surface area contributed by atoms with Crippen molar-refractivity contribution in [1.82, 2.24) is 19.8 Å². The number of carbonyl (C=O) groups excluding carboxylic acids is 3. The van der Waals surface area contributed by atoms with Gasteiger partial charge in [0.05, 0.1) is 22.1 Å². The van der Waals surface area contributed by atoms with Crippen LogP contribution in [-0.4, -0.2) is 75.7 Å². The van der Waals surface area contributed by atoms with Crippen LogP contribution in [0.15, 0.2) is 23.1 Å². The van der Waals surface area contributed by atoms with Crippen molar-refractivity contribution in [3.05, 3.63) is 29.3 Å². The Morgan fingerprint density at radius 1 is 1.25 bits per heavy atom. The molecule has 152 valence electrons. The number of amides is 3. The van der Waals surface area contributed by atoms with Crippen LogP contribution in [-0.2, 0) is 14.8 Å². The molecule has 0 saturated carbocycles. The van der Waals surface area contributed by atoms with E-state index in [2.05, 4.69) is 14.9 Å². The number of sulfonamides is 1. The third-order valence-corrected chi connectivity index (χ3v) is 6.48. The van der Waals surface area contributed by atoms with Gasteiger partial charge in [-0.1, -0.05) is 0 Å². The maximum absolute atomic E-state index is 12.5. The van der Waals surface area contributed by atoms with Gasteiger partial charge in [-0.3, -0.25) is 24.6 Å². The van der Waals surface area contributed by atoms with E-state index in [1.54, 1.807) is 19.0 Å². The minimum atomic E-state index is -3.80. The van der Waals surface area contributed by atoms with Crippen LogP contribution in [0.3, 0.4) is 0 Å². The van der Waals surface area contributed by atoms with Gasteiger partial charge in [0.1, 0.15) is 0 Å². The Labute approximate surface area is 164 Å². The van der Waals surface area contributed by atoms with E-state index in [9.17, 15) is 22.8 Å². The summed E-state index contributed by atoms with van der Waals surface area (Å²) in [6.45, 7) is 1.66. The van der Waals surface area contributed by atoms with Gasteiger partial charge in [-0.2, -0.15) is 0 Å². The molecule has 0 radical (unpaired) electrons. The Hall–Kier alpha value is -2.30. The maximum Gasteiger partial charge on any atom is 0.258 e. The molecule has 1 aromatic rings. The molecule has 0 aromatic heterocycles. The highest BCUT2D eigenvalue weighted by molar-refractivity contribution is 7.89. The lowest BCUT2D eigenvalue weighted by molar-refractivity contribution is -0.133. The molecular weight excluding hydrogens is 384 g/mol.